The summed E-state index contributed by atoms with van der Waals surface area (Å²) in [5, 5.41) is 13.3. The van der Waals surface area contributed by atoms with Crippen molar-refractivity contribution in [2.75, 3.05) is 18.5 Å². The van der Waals surface area contributed by atoms with Gasteiger partial charge in [0.1, 0.15) is 0 Å². The summed E-state index contributed by atoms with van der Waals surface area (Å²) in [5.41, 5.74) is 1.09. The summed E-state index contributed by atoms with van der Waals surface area (Å²) < 4.78 is 9.94. The molecule has 0 aliphatic rings. The first-order chi connectivity index (χ1) is 13.8. The number of nitro groups is 1. The minimum atomic E-state index is -0.771. The Bertz CT molecular complexity index is 923. The molecule has 2 rings (SSSR count). The zero-order valence-electron chi connectivity index (χ0n) is 16.0. The van der Waals surface area contributed by atoms with Crippen LogP contribution in [-0.4, -0.2) is 36.0 Å². The lowest BCUT2D eigenvalue weighted by Crippen LogP contribution is -2.21. The molecule has 9 heteroatoms. The molecule has 0 fully saturated rings. The van der Waals surface area contributed by atoms with Crippen LogP contribution < -0.4 is 5.32 Å². The van der Waals surface area contributed by atoms with Crippen molar-refractivity contribution < 1.29 is 28.8 Å². The number of anilines is 1. The quantitative estimate of drug-likeness (QED) is 0.409. The van der Waals surface area contributed by atoms with Crippen LogP contribution in [0, 0.1) is 17.0 Å². The van der Waals surface area contributed by atoms with E-state index in [1.807, 2.05) is 6.92 Å². The number of nitrogens with one attached hydrogen (secondary N) is 1. The number of rotatable bonds is 8. The minimum absolute atomic E-state index is 0.107. The normalized spacial score (nSPS) is 10.1. The average molecular weight is 400 g/mol. The molecule has 1 amide bonds. The number of carbonyl (C=O) groups is 3. The van der Waals surface area contributed by atoms with E-state index >= 15 is 0 Å². The zero-order valence-corrected chi connectivity index (χ0v) is 16.0. The molecule has 0 atom stereocenters. The van der Waals surface area contributed by atoms with Gasteiger partial charge in [0.15, 0.2) is 6.61 Å². The standard InChI is InChI=1S/C20H20N2O7/c1-3-10-28-19(24)14-4-7-16(8-5-14)21-18(23)12-29-20(25)15-6-9-17(22(26)27)13(2)11-15/h4-9,11H,3,10,12H2,1-2H3,(H,21,23). The molecule has 29 heavy (non-hydrogen) atoms. The van der Waals surface area contributed by atoms with E-state index in [2.05, 4.69) is 5.32 Å². The lowest BCUT2D eigenvalue weighted by molar-refractivity contribution is -0.385. The molecule has 0 radical (unpaired) electrons. The van der Waals surface area contributed by atoms with Gasteiger partial charge in [-0.2, -0.15) is 0 Å². The molecule has 0 aliphatic carbocycles. The van der Waals surface area contributed by atoms with Gasteiger partial charge in [0, 0.05) is 17.3 Å². The SMILES string of the molecule is CCCOC(=O)c1ccc(NC(=O)COC(=O)c2ccc([N+](=O)[O-])c(C)c2)cc1. The Morgan fingerprint density at radius 1 is 1.00 bits per heavy atom. The minimum Gasteiger partial charge on any atom is -0.462 e. The second kappa shape index (κ2) is 9.98. The summed E-state index contributed by atoms with van der Waals surface area (Å²) in [4.78, 5) is 46.0. The largest absolute Gasteiger partial charge is 0.462 e. The third-order valence-electron chi connectivity index (χ3n) is 3.81. The Morgan fingerprint density at radius 3 is 2.21 bits per heavy atom. The summed E-state index contributed by atoms with van der Waals surface area (Å²) in [5.74, 6) is -1.79. The van der Waals surface area contributed by atoms with E-state index in [0.29, 0.717) is 23.4 Å². The van der Waals surface area contributed by atoms with Gasteiger partial charge < -0.3 is 14.8 Å². The number of benzene rings is 2. The first-order valence-electron chi connectivity index (χ1n) is 8.81. The molecule has 0 saturated carbocycles. The fraction of sp³-hybridized carbons (Fsp3) is 0.250. The maximum atomic E-state index is 12.0. The maximum Gasteiger partial charge on any atom is 0.338 e. The Balaban J connectivity index is 1.88. The topological polar surface area (TPSA) is 125 Å². The number of hydrogen-bond acceptors (Lipinski definition) is 7. The average Bonchev–Trinajstić information content (AvgIpc) is 2.70. The molecule has 0 heterocycles. The Kier molecular flexibility index (Phi) is 7.41. The molecule has 2 aromatic carbocycles. The van der Waals surface area contributed by atoms with Gasteiger partial charge in [-0.05, 0) is 49.7 Å². The summed E-state index contributed by atoms with van der Waals surface area (Å²) in [6, 6.07) is 9.89. The van der Waals surface area contributed by atoms with Crippen LogP contribution >= 0.6 is 0 Å². The van der Waals surface area contributed by atoms with Crippen molar-refractivity contribution in [3.63, 3.8) is 0 Å². The van der Waals surface area contributed by atoms with Crippen molar-refractivity contribution in [2.45, 2.75) is 20.3 Å². The number of hydrogen-bond donors (Lipinski definition) is 1. The number of aryl methyl sites for hydroxylation is 1. The Morgan fingerprint density at radius 2 is 1.62 bits per heavy atom. The molecule has 0 spiro atoms. The third kappa shape index (κ3) is 6.13. The lowest BCUT2D eigenvalue weighted by atomic mass is 10.1. The summed E-state index contributed by atoms with van der Waals surface area (Å²) in [6.45, 7) is 3.19. The predicted octanol–water partition coefficient (Wildman–Crippen LogP) is 3.27. The molecule has 0 saturated heterocycles. The highest BCUT2D eigenvalue weighted by atomic mass is 16.6. The summed E-state index contributed by atoms with van der Waals surface area (Å²) in [7, 11) is 0. The highest BCUT2D eigenvalue weighted by molar-refractivity contribution is 5.96. The van der Waals surface area contributed by atoms with Crippen molar-refractivity contribution in [1.29, 1.82) is 0 Å². The molecule has 0 aliphatic heterocycles. The van der Waals surface area contributed by atoms with Crippen molar-refractivity contribution in [1.82, 2.24) is 0 Å². The molecule has 2 aromatic rings. The Hall–Kier alpha value is -3.75. The number of nitrogens with zero attached hydrogens (tertiary/aromatic N) is 1. The van der Waals surface area contributed by atoms with Gasteiger partial charge in [-0.25, -0.2) is 9.59 Å². The monoisotopic (exact) mass is 400 g/mol. The van der Waals surface area contributed by atoms with Gasteiger partial charge >= 0.3 is 11.9 Å². The maximum absolute atomic E-state index is 12.0. The van der Waals surface area contributed by atoms with Crippen LogP contribution in [0.3, 0.4) is 0 Å². The molecule has 1 N–H and O–H groups in total. The van der Waals surface area contributed by atoms with E-state index in [4.69, 9.17) is 9.47 Å². The van der Waals surface area contributed by atoms with Crippen molar-refractivity contribution >= 4 is 29.2 Å². The Labute approximate surface area is 166 Å². The number of ether oxygens (including phenoxy) is 2. The molecule has 9 nitrogen and oxygen atoms in total. The number of amides is 1. The van der Waals surface area contributed by atoms with Gasteiger partial charge in [0.25, 0.3) is 11.6 Å². The van der Waals surface area contributed by atoms with Crippen LogP contribution in [0.25, 0.3) is 0 Å². The molecule has 0 aromatic heterocycles. The van der Waals surface area contributed by atoms with Gasteiger partial charge in [0.05, 0.1) is 22.7 Å². The number of esters is 2. The van der Waals surface area contributed by atoms with E-state index in [1.54, 1.807) is 0 Å². The zero-order chi connectivity index (χ0) is 21.4. The second-order valence-electron chi connectivity index (χ2n) is 6.10. The van der Waals surface area contributed by atoms with E-state index in [-0.39, 0.29) is 11.3 Å². The molecule has 0 unspecified atom stereocenters. The van der Waals surface area contributed by atoms with Gasteiger partial charge in [-0.15, -0.1) is 0 Å². The third-order valence-corrected chi connectivity index (χ3v) is 3.81. The second-order valence-corrected chi connectivity index (χ2v) is 6.10. The first-order valence-corrected chi connectivity index (χ1v) is 8.81. The van der Waals surface area contributed by atoms with Gasteiger partial charge in [-0.3, -0.25) is 14.9 Å². The molecular weight excluding hydrogens is 380 g/mol. The van der Waals surface area contributed by atoms with Crippen LogP contribution in [0.15, 0.2) is 42.5 Å². The first kappa shape index (κ1) is 21.5. The fourth-order valence-corrected chi connectivity index (χ4v) is 2.37. The van der Waals surface area contributed by atoms with E-state index < -0.39 is 29.4 Å². The van der Waals surface area contributed by atoms with E-state index in [1.165, 1.54) is 49.4 Å². The smallest absolute Gasteiger partial charge is 0.338 e. The molecule has 0 bridgehead atoms. The van der Waals surface area contributed by atoms with Crippen LogP contribution in [-0.2, 0) is 14.3 Å². The van der Waals surface area contributed by atoms with Crippen LogP contribution in [0.2, 0.25) is 0 Å². The van der Waals surface area contributed by atoms with Crippen LogP contribution in [0.1, 0.15) is 39.6 Å². The highest BCUT2D eigenvalue weighted by Gasteiger charge is 2.16. The summed E-state index contributed by atoms with van der Waals surface area (Å²) in [6.07, 6.45) is 0.720. The highest BCUT2D eigenvalue weighted by Crippen LogP contribution is 2.19. The lowest BCUT2D eigenvalue weighted by Gasteiger charge is -2.08. The van der Waals surface area contributed by atoms with E-state index in [9.17, 15) is 24.5 Å². The number of carbonyl (C=O) groups excluding carboxylic acids is 3. The molecular formula is C20H20N2O7. The van der Waals surface area contributed by atoms with Gasteiger partial charge in [-0.1, -0.05) is 6.92 Å². The van der Waals surface area contributed by atoms with Crippen LogP contribution in [0.4, 0.5) is 11.4 Å². The van der Waals surface area contributed by atoms with Crippen LogP contribution in [0.5, 0.6) is 0 Å². The van der Waals surface area contributed by atoms with Crippen molar-refractivity contribution in [3.8, 4) is 0 Å². The van der Waals surface area contributed by atoms with Crippen molar-refractivity contribution in [2.24, 2.45) is 0 Å². The van der Waals surface area contributed by atoms with Gasteiger partial charge in [0.2, 0.25) is 0 Å². The fourth-order valence-electron chi connectivity index (χ4n) is 2.37. The molecule has 152 valence electrons. The van der Waals surface area contributed by atoms with E-state index in [0.717, 1.165) is 6.42 Å². The van der Waals surface area contributed by atoms with Crippen molar-refractivity contribution in [3.05, 3.63) is 69.3 Å². The number of nitro benzene ring substituents is 1. The summed E-state index contributed by atoms with van der Waals surface area (Å²) >= 11 is 0. The predicted molar refractivity (Wildman–Crippen MR) is 104 cm³/mol.